The van der Waals surface area contributed by atoms with Crippen LogP contribution in [0.2, 0.25) is 0 Å². The van der Waals surface area contributed by atoms with Gasteiger partial charge < -0.3 is 0 Å². The van der Waals surface area contributed by atoms with Gasteiger partial charge in [0, 0.05) is 0 Å². The van der Waals surface area contributed by atoms with Crippen molar-refractivity contribution >= 4 is 21.3 Å². The van der Waals surface area contributed by atoms with E-state index in [1.165, 1.54) is 15.1 Å². The molecule has 0 aliphatic heterocycles. The van der Waals surface area contributed by atoms with Gasteiger partial charge in [0.1, 0.15) is 0 Å². The van der Waals surface area contributed by atoms with Gasteiger partial charge in [0.15, 0.2) is 0 Å². The van der Waals surface area contributed by atoms with Gasteiger partial charge in [-0.05, 0) is 0 Å². The molecular formula is HO3PSe-2. The third-order valence-corrected chi connectivity index (χ3v) is 0. The molecule has 0 spiro atoms. The summed E-state index contributed by atoms with van der Waals surface area (Å²) in [4.78, 5) is 25.8. The first-order chi connectivity index (χ1) is 2.00. The average Bonchev–Trinajstić information content (AvgIpc) is 0.722. The van der Waals surface area contributed by atoms with Gasteiger partial charge in [-0.3, -0.25) is 0 Å². The fraction of sp³-hybridized carbons (Fsp3) is 0. The predicted octanol–water partition coefficient (Wildman–Crippen LogP) is -2.45. The molecule has 0 bridgehead atoms. The summed E-state index contributed by atoms with van der Waals surface area (Å²) >= 11 is 1.53. The van der Waals surface area contributed by atoms with Crippen molar-refractivity contribution in [2.24, 2.45) is 0 Å². The van der Waals surface area contributed by atoms with E-state index in [4.69, 9.17) is 14.7 Å². The molecule has 0 fully saturated rings. The van der Waals surface area contributed by atoms with E-state index in [2.05, 4.69) is 0 Å². The van der Waals surface area contributed by atoms with Crippen molar-refractivity contribution in [1.29, 1.82) is 0 Å². The van der Waals surface area contributed by atoms with Crippen LogP contribution in [0.1, 0.15) is 0 Å². The first kappa shape index (κ1) is 5.83. The molecule has 0 atom stereocenters. The van der Waals surface area contributed by atoms with E-state index in [1.54, 1.807) is 0 Å². The van der Waals surface area contributed by atoms with Gasteiger partial charge in [0.25, 0.3) is 0 Å². The zero-order chi connectivity index (χ0) is 4.50. The third-order valence-electron chi connectivity index (χ3n) is 0. The van der Waals surface area contributed by atoms with E-state index >= 15 is 0 Å². The molecule has 5 heteroatoms. The van der Waals surface area contributed by atoms with Gasteiger partial charge in [-0.25, -0.2) is 0 Å². The molecular weight excluding hydrogens is 158 g/mol. The summed E-state index contributed by atoms with van der Waals surface area (Å²) in [5.74, 6) is 0. The monoisotopic (exact) mass is 160 g/mol. The van der Waals surface area contributed by atoms with Crippen molar-refractivity contribution in [3.63, 3.8) is 0 Å². The van der Waals surface area contributed by atoms with Crippen LogP contribution < -0.4 is 9.79 Å². The Morgan fingerprint density at radius 3 is 1.60 bits per heavy atom. The van der Waals surface area contributed by atoms with Crippen molar-refractivity contribution < 1.29 is 14.7 Å². The predicted molar refractivity (Wildman–Crippen MR) is 14.9 cm³/mol. The second-order valence-electron chi connectivity index (χ2n) is 0.469. The van der Waals surface area contributed by atoms with Crippen LogP contribution in [0.5, 0.6) is 0 Å². The van der Waals surface area contributed by atoms with E-state index in [9.17, 15) is 0 Å². The first-order valence-electron chi connectivity index (χ1n) is 0.748. The molecule has 0 heterocycles. The third kappa shape index (κ3) is 56.2. The van der Waals surface area contributed by atoms with E-state index in [0.717, 1.165) is 0 Å². The molecule has 0 saturated carbocycles. The van der Waals surface area contributed by atoms with E-state index in [-0.39, 0.29) is 0 Å². The van der Waals surface area contributed by atoms with Crippen LogP contribution in [-0.2, 0) is 0 Å². The summed E-state index contributed by atoms with van der Waals surface area (Å²) in [6.07, 6.45) is -4.01. The second kappa shape index (κ2) is 1.52. The molecule has 0 rings (SSSR count). The molecule has 0 amide bonds. The van der Waals surface area contributed by atoms with Crippen LogP contribution in [0.3, 0.4) is 0 Å². The van der Waals surface area contributed by atoms with Crippen molar-refractivity contribution in [1.82, 2.24) is 0 Å². The number of hydrogen-bond donors (Lipinski definition) is 1. The van der Waals surface area contributed by atoms with Gasteiger partial charge in [0.2, 0.25) is 0 Å². The molecule has 0 aromatic heterocycles. The van der Waals surface area contributed by atoms with Crippen molar-refractivity contribution in [3.05, 3.63) is 0 Å². The molecule has 0 aliphatic rings. The standard InChI is InChI=1S/H3O3PSe/c1-4(2,3)5/h(H3,1,2,3,5)/p-2. The zero-order valence-corrected chi connectivity index (χ0v) is 4.73. The average molecular weight is 159 g/mol. The minimum atomic E-state index is -4.01. The molecule has 0 aliphatic carbocycles. The SMILES string of the molecule is [O-]P([O-])(O)=[Se]. The quantitative estimate of drug-likeness (QED) is 0.315. The van der Waals surface area contributed by atoms with Crippen molar-refractivity contribution in [2.45, 2.75) is 0 Å². The summed E-state index contributed by atoms with van der Waals surface area (Å²) in [5.41, 5.74) is 0. The summed E-state index contributed by atoms with van der Waals surface area (Å²) in [5, 5.41) is 0. The van der Waals surface area contributed by atoms with E-state index < -0.39 is 6.19 Å². The molecule has 0 unspecified atom stereocenters. The Balaban J connectivity index is 3.47. The van der Waals surface area contributed by atoms with Crippen LogP contribution >= 0.6 is 6.19 Å². The molecule has 0 saturated heterocycles. The van der Waals surface area contributed by atoms with E-state index in [0.29, 0.717) is 0 Å². The van der Waals surface area contributed by atoms with Gasteiger partial charge in [-0.2, -0.15) is 0 Å². The van der Waals surface area contributed by atoms with Crippen LogP contribution in [-0.4, -0.2) is 20.0 Å². The Morgan fingerprint density at radius 2 is 1.60 bits per heavy atom. The van der Waals surface area contributed by atoms with Gasteiger partial charge in [-0.15, -0.1) is 0 Å². The van der Waals surface area contributed by atoms with Gasteiger partial charge >= 0.3 is 36.0 Å². The van der Waals surface area contributed by atoms with Crippen LogP contribution in [0, 0.1) is 0 Å². The van der Waals surface area contributed by atoms with Crippen LogP contribution in [0.25, 0.3) is 0 Å². The summed E-state index contributed by atoms with van der Waals surface area (Å²) in [6, 6.07) is 0. The van der Waals surface area contributed by atoms with Crippen molar-refractivity contribution in [2.75, 3.05) is 0 Å². The van der Waals surface area contributed by atoms with Crippen molar-refractivity contribution in [3.8, 4) is 0 Å². The maximum absolute atomic E-state index is 9.16. The van der Waals surface area contributed by atoms with Crippen LogP contribution in [0.4, 0.5) is 0 Å². The van der Waals surface area contributed by atoms with Crippen LogP contribution in [0.15, 0.2) is 0 Å². The molecule has 3 nitrogen and oxygen atoms in total. The fourth-order valence-corrected chi connectivity index (χ4v) is 0. The Labute approximate surface area is 36.7 Å². The zero-order valence-electron chi connectivity index (χ0n) is 2.12. The molecule has 0 radical (unpaired) electrons. The fourth-order valence-electron chi connectivity index (χ4n) is 0. The Kier molecular flexibility index (Phi) is 1.77. The van der Waals surface area contributed by atoms with E-state index in [1.807, 2.05) is 0 Å². The molecule has 5 heavy (non-hydrogen) atoms. The summed E-state index contributed by atoms with van der Waals surface area (Å²) in [7, 11) is 0. The topological polar surface area (TPSA) is 66.3 Å². The molecule has 32 valence electrons. The Bertz CT molecular complexity index is 53.0. The van der Waals surface area contributed by atoms with Gasteiger partial charge in [0.05, 0.1) is 0 Å². The Morgan fingerprint density at radius 1 is 1.60 bits per heavy atom. The minimum absolute atomic E-state index is 1.53. The molecule has 0 aromatic rings. The normalized spacial score (nSPS) is 11.8. The summed E-state index contributed by atoms with van der Waals surface area (Å²) < 4.78 is 0. The maximum atomic E-state index is 9.16. The Hall–Kier alpha value is 0.829. The summed E-state index contributed by atoms with van der Waals surface area (Å²) in [6.45, 7) is 0. The number of rotatable bonds is 0. The number of hydrogen-bond acceptors (Lipinski definition) is 3. The van der Waals surface area contributed by atoms with Gasteiger partial charge in [-0.1, -0.05) is 0 Å². The first-order valence-corrected chi connectivity index (χ1v) is 4.54. The molecule has 1 N–H and O–H groups in total. The second-order valence-corrected chi connectivity index (χ2v) is 4.31. The molecule has 0 aromatic carbocycles.